The molecule has 26 heavy (non-hydrogen) atoms. The zero-order valence-corrected chi connectivity index (χ0v) is 13.3. The first-order valence-electron chi connectivity index (χ1n) is 7.29. The first-order chi connectivity index (χ1) is 11.9. The standard InChI is InChI=1S/C16H12F6N2O2/c1-8-14(26-3-2-24-8)12(7-23)13(25)9-4-10(15(17,18)19)6-11(5-9)16(20,21)22/h4-6,8,24H,2-3H2,1H3. The SMILES string of the molecule is CC1NCCOC1=C(C#N)C(=O)c1cc(C(F)(F)F)cc(C(F)(F)F)c1. The highest BCUT2D eigenvalue weighted by Gasteiger charge is 2.38. The quantitative estimate of drug-likeness (QED) is 0.369. The van der Waals surface area contributed by atoms with Crippen molar-refractivity contribution in [3.63, 3.8) is 0 Å². The molecule has 2 rings (SSSR count). The molecular formula is C16H12F6N2O2. The van der Waals surface area contributed by atoms with Gasteiger partial charge in [0.2, 0.25) is 5.78 Å². The molecule has 1 N–H and O–H groups in total. The van der Waals surface area contributed by atoms with Crippen LogP contribution in [-0.2, 0) is 17.1 Å². The summed E-state index contributed by atoms with van der Waals surface area (Å²) in [5, 5.41) is 12.1. The van der Waals surface area contributed by atoms with Crippen molar-refractivity contribution < 1.29 is 35.9 Å². The molecule has 4 nitrogen and oxygen atoms in total. The number of ether oxygens (including phenoxy) is 1. The van der Waals surface area contributed by atoms with Gasteiger partial charge in [0.15, 0.2) is 0 Å². The highest BCUT2D eigenvalue weighted by atomic mass is 19.4. The minimum absolute atomic E-state index is 0.0861. The molecular weight excluding hydrogens is 366 g/mol. The number of ketones is 1. The molecule has 0 aliphatic carbocycles. The lowest BCUT2D eigenvalue weighted by Gasteiger charge is -2.25. The maximum Gasteiger partial charge on any atom is 0.416 e. The molecule has 0 amide bonds. The third-order valence-electron chi connectivity index (χ3n) is 3.64. The zero-order valence-electron chi connectivity index (χ0n) is 13.3. The van der Waals surface area contributed by atoms with Crippen molar-refractivity contribution in [1.82, 2.24) is 5.32 Å². The average molecular weight is 378 g/mol. The Balaban J connectivity index is 2.61. The van der Waals surface area contributed by atoms with E-state index < -0.39 is 46.4 Å². The van der Waals surface area contributed by atoms with E-state index in [1.54, 1.807) is 6.92 Å². The van der Waals surface area contributed by atoms with Crippen LogP contribution in [0, 0.1) is 11.3 Å². The van der Waals surface area contributed by atoms with Crippen molar-refractivity contribution in [2.45, 2.75) is 25.3 Å². The second kappa shape index (κ2) is 6.99. The van der Waals surface area contributed by atoms with Gasteiger partial charge < -0.3 is 10.1 Å². The fourth-order valence-electron chi connectivity index (χ4n) is 2.39. The van der Waals surface area contributed by atoms with E-state index in [4.69, 9.17) is 4.74 Å². The van der Waals surface area contributed by atoms with Gasteiger partial charge in [0, 0.05) is 12.1 Å². The lowest BCUT2D eigenvalue weighted by Crippen LogP contribution is -2.38. The van der Waals surface area contributed by atoms with Crippen LogP contribution in [-0.4, -0.2) is 25.0 Å². The van der Waals surface area contributed by atoms with E-state index in [-0.39, 0.29) is 30.6 Å². The number of alkyl halides is 6. The Morgan fingerprint density at radius 2 is 1.69 bits per heavy atom. The van der Waals surface area contributed by atoms with Crippen molar-refractivity contribution in [2.24, 2.45) is 0 Å². The lowest BCUT2D eigenvalue weighted by molar-refractivity contribution is -0.143. The van der Waals surface area contributed by atoms with E-state index in [0.717, 1.165) is 0 Å². The lowest BCUT2D eigenvalue weighted by atomic mass is 9.96. The number of nitrogens with zero attached hydrogens (tertiary/aromatic N) is 1. The van der Waals surface area contributed by atoms with E-state index >= 15 is 0 Å². The summed E-state index contributed by atoms with van der Waals surface area (Å²) in [6, 6.07) is 1.42. The van der Waals surface area contributed by atoms with E-state index in [0.29, 0.717) is 6.54 Å². The van der Waals surface area contributed by atoms with Gasteiger partial charge >= 0.3 is 12.4 Å². The molecule has 0 radical (unpaired) electrons. The Bertz CT molecular complexity index is 757. The number of carbonyl (C=O) groups is 1. The summed E-state index contributed by atoms with van der Waals surface area (Å²) in [5.41, 5.74) is -4.79. The Hall–Kier alpha value is -2.54. The molecule has 1 aromatic carbocycles. The Labute approximate surface area is 144 Å². The molecule has 0 saturated carbocycles. The minimum atomic E-state index is -5.09. The monoisotopic (exact) mass is 378 g/mol. The number of carbonyl (C=O) groups excluding carboxylic acids is 1. The van der Waals surface area contributed by atoms with E-state index in [1.807, 2.05) is 0 Å². The number of morpholine rings is 1. The maximum atomic E-state index is 12.9. The number of benzene rings is 1. The van der Waals surface area contributed by atoms with Crippen LogP contribution in [0.1, 0.15) is 28.4 Å². The van der Waals surface area contributed by atoms with Crippen LogP contribution < -0.4 is 5.32 Å². The van der Waals surface area contributed by atoms with Gasteiger partial charge in [-0.1, -0.05) is 0 Å². The molecule has 1 aliphatic heterocycles. The molecule has 0 bridgehead atoms. The number of nitriles is 1. The predicted molar refractivity (Wildman–Crippen MR) is 76.8 cm³/mol. The summed E-state index contributed by atoms with van der Waals surface area (Å²) in [7, 11) is 0. The second-order valence-electron chi connectivity index (χ2n) is 5.50. The number of allylic oxidation sites excluding steroid dienone is 1. The van der Waals surface area contributed by atoms with Gasteiger partial charge in [-0.15, -0.1) is 0 Å². The van der Waals surface area contributed by atoms with Gasteiger partial charge in [-0.25, -0.2) is 0 Å². The number of nitrogens with one attached hydrogen (secondary N) is 1. The Morgan fingerprint density at radius 3 is 2.12 bits per heavy atom. The number of hydrogen-bond donors (Lipinski definition) is 1. The van der Waals surface area contributed by atoms with Gasteiger partial charge in [0.1, 0.15) is 24.0 Å². The average Bonchev–Trinajstić information content (AvgIpc) is 2.55. The van der Waals surface area contributed by atoms with Crippen molar-refractivity contribution in [1.29, 1.82) is 5.26 Å². The Kier molecular flexibility index (Phi) is 5.32. The van der Waals surface area contributed by atoms with Crippen molar-refractivity contribution in [3.05, 3.63) is 46.2 Å². The normalized spacial score (nSPS) is 20.2. The smallest absolute Gasteiger partial charge is 0.416 e. The van der Waals surface area contributed by atoms with Crippen molar-refractivity contribution in [2.75, 3.05) is 13.2 Å². The summed E-state index contributed by atoms with van der Waals surface area (Å²) < 4.78 is 82.7. The van der Waals surface area contributed by atoms with E-state index in [2.05, 4.69) is 5.32 Å². The van der Waals surface area contributed by atoms with Crippen LogP contribution in [0.3, 0.4) is 0 Å². The summed E-state index contributed by atoms with van der Waals surface area (Å²) in [6.45, 7) is 2.07. The second-order valence-corrected chi connectivity index (χ2v) is 5.50. The minimum Gasteiger partial charge on any atom is -0.493 e. The first kappa shape index (κ1) is 19.8. The molecule has 1 atom stereocenters. The van der Waals surface area contributed by atoms with Crippen LogP contribution in [0.25, 0.3) is 0 Å². The fraction of sp³-hybridized carbons (Fsp3) is 0.375. The number of hydrogen-bond acceptors (Lipinski definition) is 4. The molecule has 1 saturated heterocycles. The molecule has 1 aliphatic rings. The summed E-state index contributed by atoms with van der Waals surface area (Å²) in [6.07, 6.45) is -10.2. The molecule has 1 heterocycles. The fourth-order valence-corrected chi connectivity index (χ4v) is 2.39. The number of Topliss-reactive ketones (excluding diaryl/α,β-unsaturated/α-hetero) is 1. The molecule has 1 aromatic rings. The van der Waals surface area contributed by atoms with Crippen molar-refractivity contribution >= 4 is 5.78 Å². The largest absolute Gasteiger partial charge is 0.493 e. The summed E-state index contributed by atoms with van der Waals surface area (Å²) >= 11 is 0. The molecule has 0 spiro atoms. The van der Waals surface area contributed by atoms with E-state index in [9.17, 15) is 36.4 Å². The van der Waals surface area contributed by atoms with Gasteiger partial charge in [-0.05, 0) is 25.1 Å². The summed E-state index contributed by atoms with van der Waals surface area (Å²) in [4.78, 5) is 12.5. The van der Waals surface area contributed by atoms with E-state index in [1.165, 1.54) is 6.07 Å². The van der Waals surface area contributed by atoms with Crippen LogP contribution in [0.15, 0.2) is 29.5 Å². The van der Waals surface area contributed by atoms with Crippen molar-refractivity contribution in [3.8, 4) is 6.07 Å². The van der Waals surface area contributed by atoms with Gasteiger partial charge in [0.05, 0.1) is 17.2 Å². The third kappa shape index (κ3) is 4.16. The van der Waals surface area contributed by atoms with Gasteiger partial charge in [0.25, 0.3) is 0 Å². The molecule has 140 valence electrons. The van der Waals surface area contributed by atoms with Crippen LogP contribution in [0.2, 0.25) is 0 Å². The highest BCUT2D eigenvalue weighted by Crippen LogP contribution is 2.37. The molecule has 0 aromatic heterocycles. The molecule has 10 heteroatoms. The number of rotatable bonds is 2. The first-order valence-corrected chi connectivity index (χ1v) is 7.29. The zero-order chi connectivity index (χ0) is 19.7. The van der Waals surface area contributed by atoms with Gasteiger partial charge in [-0.2, -0.15) is 31.6 Å². The maximum absolute atomic E-state index is 12.9. The Morgan fingerprint density at radius 1 is 1.15 bits per heavy atom. The molecule has 1 fully saturated rings. The highest BCUT2D eigenvalue weighted by molar-refractivity contribution is 6.12. The van der Waals surface area contributed by atoms with Crippen LogP contribution in [0.5, 0.6) is 0 Å². The van der Waals surface area contributed by atoms with Crippen LogP contribution in [0.4, 0.5) is 26.3 Å². The number of halogens is 6. The predicted octanol–water partition coefficient (Wildman–Crippen LogP) is 3.69. The summed E-state index contributed by atoms with van der Waals surface area (Å²) in [5.74, 6) is -1.38. The van der Waals surface area contributed by atoms with Gasteiger partial charge in [-0.3, -0.25) is 4.79 Å². The molecule has 1 unspecified atom stereocenters. The third-order valence-corrected chi connectivity index (χ3v) is 3.64. The van der Waals surface area contributed by atoms with Crippen LogP contribution >= 0.6 is 0 Å². The topological polar surface area (TPSA) is 62.1 Å².